The van der Waals surface area contributed by atoms with Gasteiger partial charge in [0.15, 0.2) is 5.78 Å². The van der Waals surface area contributed by atoms with Crippen LogP contribution < -0.4 is 5.32 Å². The maximum absolute atomic E-state index is 12.3. The fourth-order valence-electron chi connectivity index (χ4n) is 2.75. The topological polar surface area (TPSA) is 82.5 Å². The van der Waals surface area contributed by atoms with E-state index in [0.717, 1.165) is 12.2 Å². The van der Waals surface area contributed by atoms with Crippen LogP contribution in [-0.4, -0.2) is 51.9 Å². The summed E-state index contributed by atoms with van der Waals surface area (Å²) in [6.45, 7) is 3.50. The number of hydrogen-bond acceptors (Lipinski definition) is 7. The first-order chi connectivity index (χ1) is 11.5. The maximum atomic E-state index is 12.3. The molecule has 0 radical (unpaired) electrons. The number of carbonyl (C=O) groups excluding carboxylic acids is 2. The molecule has 1 aliphatic rings. The number of piperidine rings is 1. The van der Waals surface area contributed by atoms with Crippen molar-refractivity contribution in [1.82, 2.24) is 15.2 Å². The molecular formula is C16H19N3O3S2. The molecule has 0 saturated carbocycles. The molecule has 1 aliphatic heterocycles. The van der Waals surface area contributed by atoms with Crippen molar-refractivity contribution in [3.8, 4) is 0 Å². The molecule has 0 aliphatic carbocycles. The van der Waals surface area contributed by atoms with Crippen LogP contribution in [0.25, 0.3) is 0 Å². The van der Waals surface area contributed by atoms with Crippen molar-refractivity contribution < 1.29 is 14.7 Å². The predicted molar refractivity (Wildman–Crippen MR) is 93.6 cm³/mol. The molecule has 3 heterocycles. The number of ketones is 1. The molecule has 24 heavy (non-hydrogen) atoms. The SMILES string of the molecule is CC(=O)c1cc(C(=O)N[C@@H]2CCN(Cc3cscn3)C[C@H]2O)cs1. The lowest BCUT2D eigenvalue weighted by Gasteiger charge is -2.35. The number of aliphatic hydroxyl groups excluding tert-OH is 1. The molecule has 8 heteroatoms. The van der Waals surface area contributed by atoms with E-state index in [4.69, 9.17) is 0 Å². The van der Waals surface area contributed by atoms with Gasteiger partial charge in [-0.25, -0.2) is 4.98 Å². The summed E-state index contributed by atoms with van der Waals surface area (Å²) in [4.78, 5) is 30.6. The molecule has 1 saturated heterocycles. The van der Waals surface area contributed by atoms with Gasteiger partial charge in [0, 0.05) is 30.4 Å². The number of carbonyl (C=O) groups is 2. The minimum absolute atomic E-state index is 0.0468. The molecule has 2 aromatic rings. The van der Waals surface area contributed by atoms with Crippen LogP contribution in [0.5, 0.6) is 0 Å². The van der Waals surface area contributed by atoms with Gasteiger partial charge in [-0.1, -0.05) is 0 Å². The lowest BCUT2D eigenvalue weighted by atomic mass is 10.0. The largest absolute Gasteiger partial charge is 0.390 e. The van der Waals surface area contributed by atoms with E-state index in [0.29, 0.717) is 30.0 Å². The highest BCUT2D eigenvalue weighted by molar-refractivity contribution is 7.12. The van der Waals surface area contributed by atoms with Crippen LogP contribution in [0.15, 0.2) is 22.3 Å². The second-order valence-corrected chi connectivity index (χ2v) is 7.54. The average Bonchev–Trinajstić information content (AvgIpc) is 3.21. The summed E-state index contributed by atoms with van der Waals surface area (Å²) in [6, 6.07) is 1.33. The zero-order valence-corrected chi connectivity index (χ0v) is 14.9. The Morgan fingerprint density at radius 3 is 2.92 bits per heavy atom. The minimum Gasteiger partial charge on any atom is -0.390 e. The van der Waals surface area contributed by atoms with Crippen LogP contribution in [0, 0.1) is 0 Å². The fraction of sp³-hybridized carbons (Fsp3) is 0.438. The van der Waals surface area contributed by atoms with Gasteiger partial charge >= 0.3 is 0 Å². The van der Waals surface area contributed by atoms with Crippen LogP contribution in [0.4, 0.5) is 0 Å². The molecule has 2 atom stereocenters. The maximum Gasteiger partial charge on any atom is 0.252 e. The second-order valence-electron chi connectivity index (χ2n) is 5.91. The number of aromatic nitrogens is 1. The first-order valence-corrected chi connectivity index (χ1v) is 9.53. The van der Waals surface area contributed by atoms with E-state index >= 15 is 0 Å². The number of thiazole rings is 1. The fourth-order valence-corrected chi connectivity index (χ4v) is 4.09. The van der Waals surface area contributed by atoms with Crippen LogP contribution in [0.1, 0.15) is 39.1 Å². The molecule has 2 N–H and O–H groups in total. The van der Waals surface area contributed by atoms with Crippen molar-refractivity contribution in [1.29, 1.82) is 0 Å². The van der Waals surface area contributed by atoms with E-state index in [2.05, 4.69) is 15.2 Å². The summed E-state index contributed by atoms with van der Waals surface area (Å²) in [5.41, 5.74) is 3.28. The number of thiophene rings is 1. The molecular weight excluding hydrogens is 346 g/mol. The van der Waals surface area contributed by atoms with E-state index in [-0.39, 0.29) is 17.7 Å². The Balaban J connectivity index is 1.54. The van der Waals surface area contributed by atoms with Crippen molar-refractivity contribution >= 4 is 34.4 Å². The number of likely N-dealkylation sites (tertiary alicyclic amines) is 1. The lowest BCUT2D eigenvalue weighted by Crippen LogP contribution is -2.53. The molecule has 0 aromatic carbocycles. The Morgan fingerprint density at radius 1 is 1.46 bits per heavy atom. The molecule has 6 nitrogen and oxygen atoms in total. The summed E-state index contributed by atoms with van der Waals surface area (Å²) in [5, 5.41) is 16.9. The van der Waals surface area contributed by atoms with E-state index in [1.807, 2.05) is 5.38 Å². The zero-order chi connectivity index (χ0) is 17.1. The van der Waals surface area contributed by atoms with E-state index < -0.39 is 6.10 Å². The Kier molecular flexibility index (Phi) is 5.40. The molecule has 0 bridgehead atoms. The molecule has 0 unspecified atom stereocenters. The number of hydrogen-bond donors (Lipinski definition) is 2. The summed E-state index contributed by atoms with van der Waals surface area (Å²) in [6.07, 6.45) is 0.0630. The van der Waals surface area contributed by atoms with Crippen LogP contribution in [-0.2, 0) is 6.54 Å². The van der Waals surface area contributed by atoms with Crippen molar-refractivity contribution in [2.75, 3.05) is 13.1 Å². The summed E-state index contributed by atoms with van der Waals surface area (Å²) in [5.74, 6) is -0.287. The van der Waals surface area contributed by atoms with Gasteiger partial charge in [0.05, 0.1) is 33.8 Å². The van der Waals surface area contributed by atoms with Gasteiger partial charge in [-0.3, -0.25) is 14.5 Å². The number of amides is 1. The van der Waals surface area contributed by atoms with Crippen LogP contribution in [0.2, 0.25) is 0 Å². The number of β-amino-alcohol motifs (C(OH)–C–C–N with tert-alkyl or cyclic N) is 1. The van der Waals surface area contributed by atoms with Crippen molar-refractivity contribution in [3.63, 3.8) is 0 Å². The highest BCUT2D eigenvalue weighted by Gasteiger charge is 2.29. The third-order valence-corrected chi connectivity index (χ3v) is 5.73. The number of rotatable bonds is 5. The Morgan fingerprint density at radius 2 is 2.29 bits per heavy atom. The molecule has 1 amide bonds. The molecule has 0 spiro atoms. The van der Waals surface area contributed by atoms with Gasteiger partial charge in [0.2, 0.25) is 0 Å². The smallest absolute Gasteiger partial charge is 0.252 e. The van der Waals surface area contributed by atoms with Gasteiger partial charge in [-0.05, 0) is 19.4 Å². The highest BCUT2D eigenvalue weighted by atomic mass is 32.1. The quantitative estimate of drug-likeness (QED) is 0.789. The first kappa shape index (κ1) is 17.2. The number of Topliss-reactive ketones (excluding diaryl/α,β-unsaturated/α-hetero) is 1. The Hall–Kier alpha value is -1.61. The second kappa shape index (κ2) is 7.52. The van der Waals surface area contributed by atoms with E-state index in [9.17, 15) is 14.7 Å². The highest BCUT2D eigenvalue weighted by Crippen LogP contribution is 2.18. The van der Waals surface area contributed by atoms with E-state index in [1.165, 1.54) is 18.3 Å². The van der Waals surface area contributed by atoms with Crippen LogP contribution >= 0.6 is 22.7 Å². The standard InChI is InChI=1S/C16H19N3O3S2/c1-10(20)15-4-11(7-24-15)16(22)18-13-2-3-19(6-14(13)21)5-12-8-23-9-17-12/h4,7-9,13-14,21H,2-3,5-6H2,1H3,(H,18,22)/t13-,14-/m1/s1. The lowest BCUT2D eigenvalue weighted by molar-refractivity contribution is 0.0346. The van der Waals surface area contributed by atoms with Gasteiger partial charge in [-0.15, -0.1) is 22.7 Å². The number of aliphatic hydroxyl groups is 1. The Bertz CT molecular complexity index is 714. The van der Waals surface area contributed by atoms with Crippen molar-refractivity contribution in [3.05, 3.63) is 38.5 Å². The molecule has 128 valence electrons. The monoisotopic (exact) mass is 365 g/mol. The summed E-state index contributed by atoms with van der Waals surface area (Å²) < 4.78 is 0. The van der Waals surface area contributed by atoms with Gasteiger partial charge in [-0.2, -0.15) is 0 Å². The first-order valence-electron chi connectivity index (χ1n) is 7.70. The number of nitrogens with zero attached hydrogens (tertiary/aromatic N) is 2. The van der Waals surface area contributed by atoms with Gasteiger partial charge < -0.3 is 10.4 Å². The van der Waals surface area contributed by atoms with Gasteiger partial charge in [0.25, 0.3) is 5.91 Å². The molecule has 3 rings (SSSR count). The number of nitrogens with one attached hydrogen (secondary N) is 1. The molecule has 1 fully saturated rings. The summed E-state index contributed by atoms with van der Waals surface area (Å²) in [7, 11) is 0. The third-order valence-electron chi connectivity index (χ3n) is 4.06. The normalized spacial score (nSPS) is 21.6. The zero-order valence-electron chi connectivity index (χ0n) is 13.3. The predicted octanol–water partition coefficient (Wildman–Crippen LogP) is 1.77. The Labute approximate surface area is 148 Å². The van der Waals surface area contributed by atoms with Crippen LogP contribution in [0.3, 0.4) is 0 Å². The summed E-state index contributed by atoms with van der Waals surface area (Å²) >= 11 is 2.82. The van der Waals surface area contributed by atoms with Crippen molar-refractivity contribution in [2.45, 2.75) is 32.0 Å². The van der Waals surface area contributed by atoms with Gasteiger partial charge in [0.1, 0.15) is 0 Å². The van der Waals surface area contributed by atoms with E-state index in [1.54, 1.807) is 28.3 Å². The molecule has 2 aromatic heterocycles. The minimum atomic E-state index is -0.618. The third kappa shape index (κ3) is 4.07. The van der Waals surface area contributed by atoms with Crippen molar-refractivity contribution in [2.24, 2.45) is 0 Å². The average molecular weight is 365 g/mol.